The number of rotatable bonds is 8. The molecule has 0 heterocycles. The first-order chi connectivity index (χ1) is 15.9. The highest BCUT2D eigenvalue weighted by molar-refractivity contribution is 5.90. The van der Waals surface area contributed by atoms with Gasteiger partial charge in [-0.05, 0) is 55.6 Å². The summed E-state index contributed by atoms with van der Waals surface area (Å²) in [5.74, 6) is -0.694. The maximum atomic E-state index is 13.7. The fraction of sp³-hybridized carbons (Fsp3) is 0.607. The monoisotopic (exact) mass is 470 g/mol. The minimum Gasteiger partial charge on any atom is -0.463 e. The van der Waals surface area contributed by atoms with E-state index < -0.39 is 11.5 Å². The van der Waals surface area contributed by atoms with Crippen molar-refractivity contribution in [2.75, 3.05) is 13.7 Å². The topological polar surface area (TPSA) is 75.7 Å². The molecule has 0 aliphatic heterocycles. The van der Waals surface area contributed by atoms with E-state index in [2.05, 4.69) is 17.4 Å². The van der Waals surface area contributed by atoms with Crippen molar-refractivity contribution >= 4 is 17.8 Å². The number of nitrogens with zero attached hydrogens (tertiary/aromatic N) is 1. The number of nitrogens with one attached hydrogen (secondary N) is 1. The number of carbonyl (C=O) groups excluding carboxylic acids is 3. The number of likely N-dealkylation sites (N-methyl/N-ethyl adjacent to an activating group) is 1. The molecule has 6 nitrogen and oxygen atoms in total. The van der Waals surface area contributed by atoms with Gasteiger partial charge < -0.3 is 15.0 Å². The molecule has 6 heteroatoms. The molecule has 0 aromatic heterocycles. The minimum absolute atomic E-state index is 0.0736. The molecule has 3 atom stereocenters. The Labute approximate surface area is 205 Å². The van der Waals surface area contributed by atoms with Crippen molar-refractivity contribution in [3.63, 3.8) is 0 Å². The van der Waals surface area contributed by atoms with Crippen LogP contribution in [0.1, 0.15) is 66.0 Å². The Kier molecular flexibility index (Phi) is 9.48. The number of fused-ring (bicyclic) bond motifs is 1. The van der Waals surface area contributed by atoms with E-state index in [1.54, 1.807) is 31.9 Å². The van der Waals surface area contributed by atoms with Crippen molar-refractivity contribution in [1.29, 1.82) is 0 Å². The smallest absolute Gasteiger partial charge is 0.333 e. The Morgan fingerprint density at radius 3 is 2.35 bits per heavy atom. The molecule has 0 fully saturated rings. The van der Waals surface area contributed by atoms with E-state index in [1.165, 1.54) is 11.1 Å². The molecule has 2 rings (SSSR count). The van der Waals surface area contributed by atoms with Crippen LogP contribution in [-0.2, 0) is 32.0 Å². The van der Waals surface area contributed by atoms with Crippen LogP contribution in [-0.4, -0.2) is 48.4 Å². The molecule has 1 N–H and O–H groups in total. The lowest BCUT2D eigenvalue weighted by atomic mass is 9.81. The summed E-state index contributed by atoms with van der Waals surface area (Å²) in [5.41, 5.74) is 2.51. The van der Waals surface area contributed by atoms with Gasteiger partial charge in [-0.2, -0.15) is 0 Å². The summed E-state index contributed by atoms with van der Waals surface area (Å²) in [6.07, 6.45) is 4.13. The second kappa shape index (κ2) is 11.7. The Balaban J connectivity index is 2.21. The molecule has 1 aromatic carbocycles. The third-order valence-electron chi connectivity index (χ3n) is 6.61. The summed E-state index contributed by atoms with van der Waals surface area (Å²) >= 11 is 0. The highest BCUT2D eigenvalue weighted by Crippen LogP contribution is 2.28. The number of benzene rings is 1. The van der Waals surface area contributed by atoms with Crippen LogP contribution in [0, 0.1) is 17.3 Å². The quantitative estimate of drug-likeness (QED) is 0.454. The third-order valence-corrected chi connectivity index (χ3v) is 6.61. The Morgan fingerprint density at radius 2 is 1.79 bits per heavy atom. The SMILES string of the molecule is CCOC(=O)/C(C)=C/[C@H](C(C)C)N(C)C(=O)[C@@H](NC(=O)[C@H]1CCc2ccccc2C1)C(C)(C)C. The maximum absolute atomic E-state index is 13.7. The molecule has 2 amide bonds. The predicted octanol–water partition coefficient (Wildman–Crippen LogP) is 4.31. The Bertz CT molecular complexity index is 913. The van der Waals surface area contributed by atoms with Crippen molar-refractivity contribution in [3.05, 3.63) is 47.0 Å². The average Bonchev–Trinajstić information content (AvgIpc) is 2.78. The van der Waals surface area contributed by atoms with Crippen LogP contribution in [0.3, 0.4) is 0 Å². The highest BCUT2D eigenvalue weighted by atomic mass is 16.5. The van der Waals surface area contributed by atoms with Gasteiger partial charge in [-0.25, -0.2) is 4.79 Å². The summed E-state index contributed by atoms with van der Waals surface area (Å²) in [5, 5.41) is 3.09. The maximum Gasteiger partial charge on any atom is 0.333 e. The van der Waals surface area contributed by atoms with Crippen LogP contribution in [0.25, 0.3) is 0 Å². The van der Waals surface area contributed by atoms with E-state index in [0.29, 0.717) is 18.6 Å². The molecule has 1 aliphatic carbocycles. The number of amides is 2. The van der Waals surface area contributed by atoms with Crippen LogP contribution in [0.2, 0.25) is 0 Å². The number of carbonyl (C=O) groups is 3. The van der Waals surface area contributed by atoms with Gasteiger partial charge in [0.15, 0.2) is 0 Å². The van der Waals surface area contributed by atoms with Gasteiger partial charge >= 0.3 is 5.97 Å². The molecule has 0 saturated carbocycles. The second-order valence-electron chi connectivity index (χ2n) is 10.8. The lowest BCUT2D eigenvalue weighted by molar-refractivity contribution is -0.141. The number of hydrogen-bond donors (Lipinski definition) is 1. The van der Waals surface area contributed by atoms with Gasteiger partial charge in [0.2, 0.25) is 11.8 Å². The van der Waals surface area contributed by atoms with E-state index in [4.69, 9.17) is 4.74 Å². The number of ether oxygens (including phenoxy) is 1. The molecule has 0 bridgehead atoms. The first-order valence-corrected chi connectivity index (χ1v) is 12.4. The highest BCUT2D eigenvalue weighted by Gasteiger charge is 2.38. The summed E-state index contributed by atoms with van der Waals surface area (Å²) in [7, 11) is 1.74. The van der Waals surface area contributed by atoms with Crippen LogP contribution in [0.15, 0.2) is 35.9 Å². The van der Waals surface area contributed by atoms with Crippen molar-refractivity contribution in [3.8, 4) is 0 Å². The zero-order chi connectivity index (χ0) is 25.6. The molecule has 34 heavy (non-hydrogen) atoms. The van der Waals surface area contributed by atoms with Crippen LogP contribution in [0.4, 0.5) is 0 Å². The third kappa shape index (κ3) is 6.94. The van der Waals surface area contributed by atoms with Gasteiger partial charge in [0.1, 0.15) is 6.04 Å². The van der Waals surface area contributed by atoms with E-state index >= 15 is 0 Å². The molecule has 1 aromatic rings. The van der Waals surface area contributed by atoms with E-state index in [0.717, 1.165) is 12.8 Å². The number of esters is 1. The van der Waals surface area contributed by atoms with Crippen molar-refractivity contribution in [1.82, 2.24) is 10.2 Å². The normalized spacial score (nSPS) is 18.0. The van der Waals surface area contributed by atoms with Crippen LogP contribution < -0.4 is 5.32 Å². The van der Waals surface area contributed by atoms with Crippen LogP contribution >= 0.6 is 0 Å². The van der Waals surface area contributed by atoms with Crippen molar-refractivity contribution in [2.45, 2.75) is 79.8 Å². The van der Waals surface area contributed by atoms with E-state index in [-0.39, 0.29) is 35.7 Å². The van der Waals surface area contributed by atoms with E-state index in [1.807, 2.05) is 46.8 Å². The molecule has 0 unspecified atom stereocenters. The molecule has 0 saturated heterocycles. The molecule has 1 aliphatic rings. The summed E-state index contributed by atoms with van der Waals surface area (Å²) < 4.78 is 5.10. The molecule has 0 spiro atoms. The molecule has 0 radical (unpaired) electrons. The summed E-state index contributed by atoms with van der Waals surface area (Å²) in [6.45, 7) is 13.7. The largest absolute Gasteiger partial charge is 0.463 e. The van der Waals surface area contributed by atoms with Crippen molar-refractivity contribution < 1.29 is 19.1 Å². The standard InChI is InChI=1S/C28H42N2O4/c1-9-34-27(33)19(4)16-23(18(2)3)30(8)26(32)24(28(5,6)7)29-25(31)22-15-14-20-12-10-11-13-21(20)17-22/h10-13,16,18,22-24H,9,14-15,17H2,1-8H3,(H,29,31)/b19-16+/t22-,23+,24+/m0/s1. The van der Waals surface area contributed by atoms with Gasteiger partial charge in [0.05, 0.1) is 12.6 Å². The summed E-state index contributed by atoms with van der Waals surface area (Å²) in [4.78, 5) is 40.8. The first kappa shape index (κ1) is 27.6. The van der Waals surface area contributed by atoms with Crippen molar-refractivity contribution in [2.24, 2.45) is 17.3 Å². The average molecular weight is 471 g/mol. The first-order valence-electron chi connectivity index (χ1n) is 12.4. The zero-order valence-electron chi connectivity index (χ0n) is 22.1. The van der Waals surface area contributed by atoms with E-state index in [9.17, 15) is 14.4 Å². The van der Waals surface area contributed by atoms with Gasteiger partial charge in [0, 0.05) is 18.5 Å². The molecule has 188 valence electrons. The fourth-order valence-corrected chi connectivity index (χ4v) is 4.50. The van der Waals surface area contributed by atoms with Gasteiger partial charge in [-0.3, -0.25) is 9.59 Å². The summed E-state index contributed by atoms with van der Waals surface area (Å²) in [6, 6.07) is 7.26. The van der Waals surface area contributed by atoms with Crippen LogP contribution in [0.5, 0.6) is 0 Å². The molecular formula is C28H42N2O4. The fourth-order valence-electron chi connectivity index (χ4n) is 4.50. The predicted molar refractivity (Wildman–Crippen MR) is 135 cm³/mol. The minimum atomic E-state index is -0.681. The second-order valence-corrected chi connectivity index (χ2v) is 10.8. The van der Waals surface area contributed by atoms with Gasteiger partial charge in [-0.15, -0.1) is 0 Å². The molecular weight excluding hydrogens is 428 g/mol. The van der Waals surface area contributed by atoms with Gasteiger partial charge in [-0.1, -0.05) is 65.0 Å². The zero-order valence-corrected chi connectivity index (χ0v) is 22.1. The lowest BCUT2D eigenvalue weighted by Crippen LogP contribution is -2.57. The Hall–Kier alpha value is -2.63. The Morgan fingerprint density at radius 1 is 1.18 bits per heavy atom. The lowest BCUT2D eigenvalue weighted by Gasteiger charge is -2.38. The number of hydrogen-bond acceptors (Lipinski definition) is 4. The van der Waals surface area contributed by atoms with Gasteiger partial charge in [0.25, 0.3) is 0 Å². The number of aryl methyl sites for hydroxylation is 1.